The van der Waals surface area contributed by atoms with Crippen LogP contribution in [0, 0.1) is 0 Å². The van der Waals surface area contributed by atoms with Crippen molar-refractivity contribution in [2.75, 3.05) is 31.1 Å². The van der Waals surface area contributed by atoms with Gasteiger partial charge in [0, 0.05) is 39.0 Å². The van der Waals surface area contributed by atoms with E-state index in [-0.39, 0.29) is 12.1 Å². The number of hydrogen-bond acceptors (Lipinski definition) is 4. The van der Waals surface area contributed by atoms with Crippen LogP contribution in [0.3, 0.4) is 0 Å². The molecule has 22 heavy (non-hydrogen) atoms. The van der Waals surface area contributed by atoms with Gasteiger partial charge in [0.1, 0.15) is 5.82 Å². The lowest BCUT2D eigenvalue weighted by Crippen LogP contribution is -2.39. The second-order valence-electron chi connectivity index (χ2n) is 5.92. The van der Waals surface area contributed by atoms with E-state index in [1.807, 2.05) is 12.3 Å². The summed E-state index contributed by atoms with van der Waals surface area (Å²) in [5.74, 6) is 1.01. The Morgan fingerprint density at radius 1 is 1.32 bits per heavy atom. The van der Waals surface area contributed by atoms with Crippen LogP contribution >= 0.6 is 0 Å². The molecule has 1 aromatic heterocycles. The van der Waals surface area contributed by atoms with Crippen molar-refractivity contribution in [3.63, 3.8) is 0 Å². The Kier molecular flexibility index (Phi) is 5.11. The number of pyridine rings is 1. The number of anilines is 1. The fraction of sp³-hybridized carbons (Fsp3) is 0.625. The zero-order chi connectivity index (χ0) is 15.2. The molecular formula is C16H24N4O2. The lowest BCUT2D eigenvalue weighted by atomic mass is 10.2. The van der Waals surface area contributed by atoms with Crippen molar-refractivity contribution in [2.24, 2.45) is 0 Å². The van der Waals surface area contributed by atoms with Crippen molar-refractivity contribution in [3.8, 4) is 0 Å². The van der Waals surface area contributed by atoms with E-state index in [4.69, 9.17) is 4.74 Å². The summed E-state index contributed by atoms with van der Waals surface area (Å²) in [6.45, 7) is 4.06. The van der Waals surface area contributed by atoms with Gasteiger partial charge in [-0.1, -0.05) is 0 Å². The molecule has 1 atom stereocenters. The topological polar surface area (TPSA) is 66.5 Å². The average Bonchev–Trinajstić information content (AvgIpc) is 3.24. The third kappa shape index (κ3) is 4.10. The summed E-state index contributed by atoms with van der Waals surface area (Å²) >= 11 is 0. The van der Waals surface area contributed by atoms with E-state index in [2.05, 4.69) is 26.6 Å². The first-order valence-corrected chi connectivity index (χ1v) is 8.14. The zero-order valence-corrected chi connectivity index (χ0v) is 12.9. The minimum Gasteiger partial charge on any atom is -0.376 e. The molecule has 0 aromatic carbocycles. The largest absolute Gasteiger partial charge is 0.376 e. The molecule has 3 heterocycles. The molecule has 3 rings (SSSR count). The number of urea groups is 1. The first kappa shape index (κ1) is 15.1. The van der Waals surface area contributed by atoms with Crippen LogP contribution in [-0.4, -0.2) is 43.4 Å². The lowest BCUT2D eigenvalue weighted by molar-refractivity contribution is 0.111. The number of carbonyl (C=O) groups is 1. The van der Waals surface area contributed by atoms with E-state index in [1.54, 1.807) is 0 Å². The van der Waals surface area contributed by atoms with Crippen LogP contribution in [0.1, 0.15) is 31.2 Å². The van der Waals surface area contributed by atoms with Crippen molar-refractivity contribution in [1.29, 1.82) is 0 Å². The van der Waals surface area contributed by atoms with E-state index in [0.29, 0.717) is 13.1 Å². The fourth-order valence-corrected chi connectivity index (χ4v) is 2.95. The smallest absolute Gasteiger partial charge is 0.315 e. The number of ether oxygens (including phenoxy) is 1. The first-order chi connectivity index (χ1) is 10.8. The van der Waals surface area contributed by atoms with Crippen LogP contribution in [0.4, 0.5) is 10.6 Å². The monoisotopic (exact) mass is 304 g/mol. The van der Waals surface area contributed by atoms with Gasteiger partial charge in [-0.25, -0.2) is 9.78 Å². The predicted molar refractivity (Wildman–Crippen MR) is 84.9 cm³/mol. The van der Waals surface area contributed by atoms with Crippen molar-refractivity contribution < 1.29 is 9.53 Å². The van der Waals surface area contributed by atoms with Crippen molar-refractivity contribution >= 4 is 11.8 Å². The Labute approximate surface area is 131 Å². The van der Waals surface area contributed by atoms with Gasteiger partial charge in [-0.2, -0.15) is 0 Å². The van der Waals surface area contributed by atoms with Gasteiger partial charge in [0.2, 0.25) is 0 Å². The molecular weight excluding hydrogens is 280 g/mol. The highest BCUT2D eigenvalue weighted by Crippen LogP contribution is 2.18. The summed E-state index contributed by atoms with van der Waals surface area (Å²) in [6, 6.07) is 3.86. The number of nitrogens with zero attached hydrogens (tertiary/aromatic N) is 2. The number of amides is 2. The zero-order valence-electron chi connectivity index (χ0n) is 12.9. The summed E-state index contributed by atoms with van der Waals surface area (Å²) in [4.78, 5) is 18.5. The molecule has 2 fully saturated rings. The van der Waals surface area contributed by atoms with Gasteiger partial charge in [0.15, 0.2) is 0 Å². The van der Waals surface area contributed by atoms with Gasteiger partial charge < -0.3 is 20.3 Å². The minimum absolute atomic E-state index is 0.143. The Morgan fingerprint density at radius 3 is 2.95 bits per heavy atom. The summed E-state index contributed by atoms with van der Waals surface area (Å²) < 4.78 is 5.48. The van der Waals surface area contributed by atoms with E-state index in [9.17, 15) is 4.79 Å². The lowest BCUT2D eigenvalue weighted by Gasteiger charge is -2.17. The van der Waals surface area contributed by atoms with E-state index < -0.39 is 0 Å². The standard InChI is InChI=1S/C16H24N4O2/c21-16(19-12-14-4-3-9-22-14)18-11-13-5-6-17-15(10-13)20-7-1-2-8-20/h5-6,10,14H,1-4,7-9,11-12H2,(H2,18,19,21). The van der Waals surface area contributed by atoms with Gasteiger partial charge >= 0.3 is 6.03 Å². The number of carbonyl (C=O) groups excluding carboxylic acids is 1. The Bertz CT molecular complexity index is 497. The fourth-order valence-electron chi connectivity index (χ4n) is 2.95. The number of hydrogen-bond donors (Lipinski definition) is 2. The molecule has 0 radical (unpaired) electrons. The molecule has 0 spiro atoms. The first-order valence-electron chi connectivity index (χ1n) is 8.14. The molecule has 0 saturated carbocycles. The summed E-state index contributed by atoms with van der Waals surface area (Å²) in [5.41, 5.74) is 1.07. The van der Waals surface area contributed by atoms with Gasteiger partial charge in [-0.05, 0) is 43.4 Å². The van der Waals surface area contributed by atoms with Crippen LogP contribution in [0.25, 0.3) is 0 Å². The van der Waals surface area contributed by atoms with Crippen LogP contribution in [0.5, 0.6) is 0 Å². The molecule has 0 bridgehead atoms. The third-order valence-electron chi connectivity index (χ3n) is 4.21. The van der Waals surface area contributed by atoms with Crippen molar-refractivity contribution in [2.45, 2.75) is 38.3 Å². The Hall–Kier alpha value is -1.82. The number of nitrogens with one attached hydrogen (secondary N) is 2. The summed E-state index contributed by atoms with van der Waals surface area (Å²) in [6.07, 6.45) is 6.57. The summed E-state index contributed by atoms with van der Waals surface area (Å²) in [5, 5.41) is 5.75. The second-order valence-corrected chi connectivity index (χ2v) is 5.92. The van der Waals surface area contributed by atoms with Gasteiger partial charge in [0.25, 0.3) is 0 Å². The number of rotatable bonds is 5. The van der Waals surface area contributed by atoms with Crippen LogP contribution in [-0.2, 0) is 11.3 Å². The highest BCUT2D eigenvalue weighted by Gasteiger charge is 2.16. The van der Waals surface area contributed by atoms with Crippen molar-refractivity contribution in [1.82, 2.24) is 15.6 Å². The molecule has 1 unspecified atom stereocenters. The van der Waals surface area contributed by atoms with Crippen molar-refractivity contribution in [3.05, 3.63) is 23.9 Å². The molecule has 6 heteroatoms. The third-order valence-corrected chi connectivity index (χ3v) is 4.21. The maximum Gasteiger partial charge on any atom is 0.315 e. The second kappa shape index (κ2) is 7.45. The average molecular weight is 304 g/mol. The summed E-state index contributed by atoms with van der Waals surface area (Å²) in [7, 11) is 0. The van der Waals surface area contributed by atoms with Crippen LogP contribution in [0.15, 0.2) is 18.3 Å². The van der Waals surface area contributed by atoms with E-state index in [1.165, 1.54) is 12.8 Å². The Balaban J connectivity index is 1.44. The van der Waals surface area contributed by atoms with Gasteiger partial charge in [-0.15, -0.1) is 0 Å². The van der Waals surface area contributed by atoms with Gasteiger partial charge in [-0.3, -0.25) is 0 Å². The molecule has 120 valence electrons. The molecule has 2 N–H and O–H groups in total. The molecule has 6 nitrogen and oxygen atoms in total. The molecule has 1 aromatic rings. The molecule has 2 aliphatic rings. The van der Waals surface area contributed by atoms with E-state index >= 15 is 0 Å². The Morgan fingerprint density at radius 2 is 2.18 bits per heavy atom. The van der Waals surface area contributed by atoms with Crippen LogP contribution in [0.2, 0.25) is 0 Å². The minimum atomic E-state index is -0.143. The van der Waals surface area contributed by atoms with Gasteiger partial charge in [0.05, 0.1) is 6.10 Å². The maximum atomic E-state index is 11.8. The van der Waals surface area contributed by atoms with Crippen LogP contribution < -0.4 is 15.5 Å². The molecule has 2 aliphatic heterocycles. The van der Waals surface area contributed by atoms with E-state index in [0.717, 1.165) is 43.9 Å². The predicted octanol–water partition coefficient (Wildman–Crippen LogP) is 1.66. The number of aromatic nitrogens is 1. The molecule has 2 amide bonds. The quantitative estimate of drug-likeness (QED) is 0.868. The SMILES string of the molecule is O=C(NCc1ccnc(N2CCCC2)c1)NCC1CCCO1. The molecule has 2 saturated heterocycles. The highest BCUT2D eigenvalue weighted by atomic mass is 16.5. The normalized spacial score (nSPS) is 21.1. The highest BCUT2D eigenvalue weighted by molar-refractivity contribution is 5.73. The maximum absolute atomic E-state index is 11.8. The molecule has 0 aliphatic carbocycles.